The summed E-state index contributed by atoms with van der Waals surface area (Å²) in [6, 6.07) is 54.0. The van der Waals surface area contributed by atoms with Gasteiger partial charge in [0.05, 0.1) is 11.6 Å². The lowest BCUT2D eigenvalue weighted by molar-refractivity contribution is -0.0443. The van der Waals surface area contributed by atoms with Crippen molar-refractivity contribution >= 4 is 0 Å². The minimum absolute atomic E-state index is 0.0679. The summed E-state index contributed by atoms with van der Waals surface area (Å²) in [5.41, 5.74) is 13.9. The average Bonchev–Trinajstić information content (AvgIpc) is 3.26. The molecule has 4 nitrogen and oxygen atoms in total. The van der Waals surface area contributed by atoms with E-state index in [0.29, 0.717) is 34.9 Å². The van der Waals surface area contributed by atoms with Crippen LogP contribution in [-0.4, -0.2) is 15.0 Å². The van der Waals surface area contributed by atoms with Gasteiger partial charge in [0.15, 0.2) is 17.5 Å². The van der Waals surface area contributed by atoms with Crippen LogP contribution < -0.4 is 0 Å². The molecule has 6 aromatic carbocycles. The zero-order valence-corrected chi connectivity index (χ0v) is 32.5. The maximum Gasteiger partial charge on any atom is 0.164 e. The third-order valence-corrected chi connectivity index (χ3v) is 14.2. The summed E-state index contributed by atoms with van der Waals surface area (Å²) in [4.78, 5) is 15.3. The number of benzene rings is 6. The second-order valence-corrected chi connectivity index (χ2v) is 17.6. The summed E-state index contributed by atoms with van der Waals surface area (Å²) in [5.74, 6) is 5.03. The van der Waals surface area contributed by atoms with Crippen molar-refractivity contribution in [2.75, 3.05) is 0 Å². The summed E-state index contributed by atoms with van der Waals surface area (Å²) in [6.45, 7) is 4.88. The summed E-state index contributed by atoms with van der Waals surface area (Å²) in [6.07, 6.45) is 6.89. The minimum Gasteiger partial charge on any atom is -0.208 e. The number of hydrogen-bond donors (Lipinski definition) is 0. The molecule has 4 fully saturated rings. The molecule has 0 amide bonds. The van der Waals surface area contributed by atoms with Gasteiger partial charge in [-0.3, -0.25) is 0 Å². The first kappa shape index (κ1) is 34.1. The zero-order chi connectivity index (χ0) is 38.3. The van der Waals surface area contributed by atoms with E-state index >= 15 is 0 Å². The molecule has 4 bridgehead atoms. The van der Waals surface area contributed by atoms with Crippen LogP contribution >= 0.6 is 0 Å². The van der Waals surface area contributed by atoms with Crippen molar-refractivity contribution in [3.05, 3.63) is 173 Å². The van der Waals surface area contributed by atoms with E-state index in [1.54, 1.807) is 11.1 Å². The Morgan fingerprint density at radius 1 is 0.456 bits per heavy atom. The first-order valence-corrected chi connectivity index (χ1v) is 20.7. The quantitative estimate of drug-likeness (QED) is 0.176. The van der Waals surface area contributed by atoms with E-state index in [1.165, 1.54) is 54.4 Å². The number of aromatic nitrogens is 3. The average molecular weight is 737 g/mol. The smallest absolute Gasteiger partial charge is 0.164 e. The predicted octanol–water partition coefficient (Wildman–Crippen LogP) is 12.5. The van der Waals surface area contributed by atoms with Crippen LogP contribution in [0.1, 0.15) is 73.8 Å². The van der Waals surface area contributed by atoms with Crippen LogP contribution in [0.5, 0.6) is 0 Å². The Balaban J connectivity index is 1.04. The molecule has 0 unspecified atom stereocenters. The fourth-order valence-electron chi connectivity index (χ4n) is 11.9. The van der Waals surface area contributed by atoms with Crippen molar-refractivity contribution in [1.82, 2.24) is 15.0 Å². The molecule has 0 saturated heterocycles. The number of nitrogens with zero attached hydrogens (tertiary/aromatic N) is 4. The molecular weight excluding hydrogens is 693 g/mol. The molecule has 5 aliphatic carbocycles. The van der Waals surface area contributed by atoms with E-state index in [4.69, 9.17) is 15.0 Å². The Morgan fingerprint density at radius 2 is 0.965 bits per heavy atom. The van der Waals surface area contributed by atoms with Gasteiger partial charge in [-0.1, -0.05) is 135 Å². The fraction of sp³-hybridized carbons (Fsp3) is 0.245. The van der Waals surface area contributed by atoms with Crippen molar-refractivity contribution in [3.8, 4) is 62.5 Å². The molecule has 0 atom stereocenters. The lowest BCUT2D eigenvalue weighted by Crippen LogP contribution is -2.58. The predicted molar refractivity (Wildman–Crippen MR) is 228 cm³/mol. The molecule has 0 aliphatic heterocycles. The monoisotopic (exact) mass is 736 g/mol. The second-order valence-electron chi connectivity index (χ2n) is 17.6. The third kappa shape index (κ3) is 5.29. The van der Waals surface area contributed by atoms with Gasteiger partial charge in [0, 0.05) is 27.5 Å². The van der Waals surface area contributed by atoms with Gasteiger partial charge >= 0.3 is 0 Å². The van der Waals surface area contributed by atoms with Crippen LogP contribution in [0.15, 0.2) is 146 Å². The molecule has 7 aromatic rings. The Hall–Kier alpha value is -6.18. The van der Waals surface area contributed by atoms with Gasteiger partial charge in [-0.15, -0.1) is 0 Å². The Bertz CT molecular complexity index is 2730. The van der Waals surface area contributed by atoms with Gasteiger partial charge in [0.1, 0.15) is 0 Å². The van der Waals surface area contributed by atoms with Crippen molar-refractivity contribution in [2.45, 2.75) is 56.8 Å². The molecule has 4 heteroatoms. The molecule has 0 N–H and O–H groups in total. The Labute approximate surface area is 335 Å². The molecule has 4 saturated carbocycles. The van der Waals surface area contributed by atoms with Gasteiger partial charge in [-0.25, -0.2) is 15.0 Å². The number of fused-ring (bicyclic) bond motifs is 2. The van der Waals surface area contributed by atoms with Crippen LogP contribution in [0, 0.1) is 35.0 Å². The fourth-order valence-corrected chi connectivity index (χ4v) is 11.9. The van der Waals surface area contributed by atoms with E-state index in [1.807, 2.05) is 72.8 Å². The molecule has 0 radical (unpaired) electrons. The first-order chi connectivity index (χ1) is 27.9. The lowest BCUT2D eigenvalue weighted by Gasteiger charge is -2.64. The highest BCUT2D eigenvalue weighted by molar-refractivity contribution is 5.77. The second kappa shape index (κ2) is 12.9. The van der Waals surface area contributed by atoms with Crippen molar-refractivity contribution in [1.29, 1.82) is 5.26 Å². The highest BCUT2D eigenvalue weighted by Crippen LogP contribution is 2.68. The summed E-state index contributed by atoms with van der Waals surface area (Å²) >= 11 is 0. The van der Waals surface area contributed by atoms with Gasteiger partial charge < -0.3 is 0 Å². The maximum atomic E-state index is 9.85. The van der Waals surface area contributed by atoms with Gasteiger partial charge in [0.25, 0.3) is 0 Å². The SMILES string of the molecule is CC1(C)c2ccccc2C2(c3cc(-c4cccc(-c5nc(-c6ccccc6)nc(-c6cccc(-c7ccccc7C#N)c6)n5)c4)ccc31)C1CC3CC(C1)CC2C3. The molecular formula is C53H44N4. The molecule has 57 heavy (non-hydrogen) atoms. The normalized spacial score (nSPS) is 23.5. The first-order valence-electron chi connectivity index (χ1n) is 20.7. The molecule has 1 spiro atoms. The largest absolute Gasteiger partial charge is 0.208 e. The van der Waals surface area contributed by atoms with Gasteiger partial charge in [-0.05, 0) is 125 Å². The van der Waals surface area contributed by atoms with Crippen LogP contribution in [0.25, 0.3) is 56.4 Å². The van der Waals surface area contributed by atoms with Crippen molar-refractivity contribution < 1.29 is 0 Å². The standard InChI is InChI=1S/C53H44N4/c1-52(2)45-20-8-9-21-47(45)53(42-25-33-24-34(27-42)28-43(53)26-33)48-31-37(22-23-46(48)52)36-15-10-17-39(29-36)50-55-49(35-12-4-3-5-13-35)56-51(57-50)40-18-11-16-38(30-40)44-19-7-6-14-41(44)32-54/h3-23,29-31,33-34,42-43H,24-28H2,1-2H3. The van der Waals surface area contributed by atoms with Crippen molar-refractivity contribution in [2.24, 2.45) is 23.7 Å². The maximum absolute atomic E-state index is 9.85. The Morgan fingerprint density at radius 3 is 1.65 bits per heavy atom. The van der Waals surface area contributed by atoms with E-state index in [9.17, 15) is 5.26 Å². The number of rotatable bonds is 5. The van der Waals surface area contributed by atoms with E-state index in [0.717, 1.165) is 39.7 Å². The van der Waals surface area contributed by atoms with E-state index in [2.05, 4.69) is 92.7 Å². The summed E-state index contributed by atoms with van der Waals surface area (Å²) in [5, 5.41) is 9.85. The zero-order valence-electron chi connectivity index (χ0n) is 32.5. The Kier molecular flexibility index (Phi) is 7.74. The lowest BCUT2D eigenvalue weighted by atomic mass is 9.39. The van der Waals surface area contributed by atoms with E-state index < -0.39 is 0 Å². The van der Waals surface area contributed by atoms with Crippen LogP contribution in [-0.2, 0) is 10.8 Å². The van der Waals surface area contributed by atoms with Crippen molar-refractivity contribution in [3.63, 3.8) is 0 Å². The molecule has 5 aliphatic rings. The topological polar surface area (TPSA) is 62.5 Å². The highest BCUT2D eigenvalue weighted by atomic mass is 15.0. The number of nitriles is 1. The minimum atomic E-state index is -0.0741. The highest BCUT2D eigenvalue weighted by Gasteiger charge is 2.62. The van der Waals surface area contributed by atoms with Gasteiger partial charge in [-0.2, -0.15) is 5.26 Å². The number of hydrogen-bond acceptors (Lipinski definition) is 4. The molecule has 276 valence electrons. The molecule has 12 rings (SSSR count). The van der Waals surface area contributed by atoms with Crippen LogP contribution in [0.4, 0.5) is 0 Å². The summed E-state index contributed by atoms with van der Waals surface area (Å²) < 4.78 is 0. The summed E-state index contributed by atoms with van der Waals surface area (Å²) in [7, 11) is 0. The third-order valence-electron chi connectivity index (χ3n) is 14.2. The van der Waals surface area contributed by atoms with E-state index in [-0.39, 0.29) is 10.8 Å². The van der Waals surface area contributed by atoms with Crippen LogP contribution in [0.2, 0.25) is 0 Å². The van der Waals surface area contributed by atoms with Crippen LogP contribution in [0.3, 0.4) is 0 Å². The molecule has 1 heterocycles. The van der Waals surface area contributed by atoms with Gasteiger partial charge in [0.2, 0.25) is 0 Å². The molecule has 1 aromatic heterocycles.